The predicted octanol–water partition coefficient (Wildman–Crippen LogP) is 2.50. The molecule has 2 N–H and O–H groups in total. The molecule has 0 radical (unpaired) electrons. The summed E-state index contributed by atoms with van der Waals surface area (Å²) in [6.45, 7) is 0. The zero-order valence-electron chi connectivity index (χ0n) is 15.0. The lowest BCUT2D eigenvalue weighted by Gasteiger charge is -2.14. The number of halogens is 2. The Hall–Kier alpha value is -2.92. The highest BCUT2D eigenvalue weighted by Gasteiger charge is 2.32. The maximum atomic E-state index is 13.4. The Morgan fingerprint density at radius 3 is 2.83 bits per heavy atom. The zero-order valence-corrected chi connectivity index (χ0v) is 15.8. The number of hydrogen-bond acceptors (Lipinski definition) is 5. The Labute approximate surface area is 164 Å². The van der Waals surface area contributed by atoms with Gasteiger partial charge in [0.15, 0.2) is 22.9 Å². The molecule has 0 amide bonds. The monoisotopic (exact) mass is 418 g/mol. The minimum absolute atomic E-state index is 0.00292. The van der Waals surface area contributed by atoms with E-state index in [1.165, 1.54) is 0 Å². The van der Waals surface area contributed by atoms with Crippen molar-refractivity contribution in [2.24, 2.45) is 0 Å². The number of nitrogens with one attached hydrogen (secondary N) is 2. The van der Waals surface area contributed by atoms with Gasteiger partial charge < -0.3 is 4.98 Å². The van der Waals surface area contributed by atoms with Crippen molar-refractivity contribution in [3.05, 3.63) is 54.1 Å². The second kappa shape index (κ2) is 6.56. The molecule has 0 bridgehead atoms. The molecule has 0 saturated heterocycles. The molecular weight excluding hydrogens is 402 g/mol. The summed E-state index contributed by atoms with van der Waals surface area (Å²) in [5, 5.41) is 8.49. The number of sulfonamides is 1. The van der Waals surface area contributed by atoms with Crippen molar-refractivity contribution < 1.29 is 17.2 Å². The largest absolute Gasteiger partial charge is 0.345 e. The van der Waals surface area contributed by atoms with Crippen LogP contribution in [0.15, 0.2) is 41.6 Å². The molecule has 11 heteroatoms. The van der Waals surface area contributed by atoms with Crippen LogP contribution < -0.4 is 4.72 Å². The number of benzene rings is 1. The molecule has 2 atom stereocenters. The number of nitrogens with zero attached hydrogens (tertiary/aromatic N) is 4. The van der Waals surface area contributed by atoms with Gasteiger partial charge in [0.25, 0.3) is 0 Å². The summed E-state index contributed by atoms with van der Waals surface area (Å²) in [4.78, 5) is 7.04. The van der Waals surface area contributed by atoms with Crippen LogP contribution in [0.5, 0.6) is 0 Å². The predicted molar refractivity (Wildman–Crippen MR) is 99.7 cm³/mol. The van der Waals surface area contributed by atoms with Crippen LogP contribution in [0, 0.1) is 11.6 Å². The summed E-state index contributed by atoms with van der Waals surface area (Å²) in [6, 6.07) is 4.09. The van der Waals surface area contributed by atoms with E-state index in [0.29, 0.717) is 30.2 Å². The summed E-state index contributed by atoms with van der Waals surface area (Å²) < 4.78 is 56.2. The molecule has 0 aliphatic heterocycles. The van der Waals surface area contributed by atoms with E-state index in [4.69, 9.17) is 0 Å². The molecule has 1 aliphatic rings. The molecule has 1 aromatic carbocycles. The number of aromatic amines is 1. The van der Waals surface area contributed by atoms with Gasteiger partial charge in [-0.25, -0.2) is 26.9 Å². The maximum absolute atomic E-state index is 13.4. The molecule has 4 aromatic rings. The molecule has 1 aliphatic carbocycles. The first-order valence-corrected chi connectivity index (χ1v) is 10.6. The molecular formula is C18H16F2N6O2S. The van der Waals surface area contributed by atoms with Crippen molar-refractivity contribution in [1.29, 1.82) is 0 Å². The van der Waals surface area contributed by atoms with Gasteiger partial charge in [-0.05, 0) is 43.5 Å². The Morgan fingerprint density at radius 1 is 1.14 bits per heavy atom. The SMILES string of the molecule is O=S(=O)(N[C@H]1CC[C@@H](c2nnc3cnc4[nH]ccc4n23)C1)c1ccc(F)c(F)c1. The van der Waals surface area contributed by atoms with Crippen molar-refractivity contribution in [1.82, 2.24) is 29.3 Å². The van der Waals surface area contributed by atoms with Crippen LogP contribution in [0.1, 0.15) is 31.0 Å². The van der Waals surface area contributed by atoms with Crippen molar-refractivity contribution in [2.75, 3.05) is 0 Å². The number of aromatic nitrogens is 5. The lowest BCUT2D eigenvalue weighted by atomic mass is 10.1. The standard InChI is InChI=1S/C18H16F2N6O2S/c19-13-4-3-12(8-14(13)20)29(27,28)25-11-2-1-10(7-11)18-24-23-16-9-22-17-15(26(16)18)5-6-21-17/h3-6,8-11,21,25H,1-2,7H2/t10-,11+/m1/s1. The first kappa shape index (κ1) is 18.1. The van der Waals surface area contributed by atoms with Gasteiger partial charge in [-0.3, -0.25) is 4.40 Å². The minimum atomic E-state index is -3.96. The average Bonchev–Trinajstić information content (AvgIpc) is 3.40. The third kappa shape index (κ3) is 3.06. The molecule has 5 rings (SSSR count). The summed E-state index contributed by atoms with van der Waals surface area (Å²) >= 11 is 0. The number of fused-ring (bicyclic) bond motifs is 3. The van der Waals surface area contributed by atoms with Crippen LogP contribution in [0.2, 0.25) is 0 Å². The summed E-state index contributed by atoms with van der Waals surface area (Å²) in [5.41, 5.74) is 2.19. The van der Waals surface area contributed by atoms with Crippen LogP contribution in [-0.4, -0.2) is 39.0 Å². The number of hydrogen-bond donors (Lipinski definition) is 2. The van der Waals surface area contributed by atoms with E-state index >= 15 is 0 Å². The van der Waals surface area contributed by atoms with E-state index in [-0.39, 0.29) is 16.9 Å². The topological polar surface area (TPSA) is 105 Å². The maximum Gasteiger partial charge on any atom is 0.240 e. The Bertz CT molecular complexity index is 1330. The van der Waals surface area contributed by atoms with Gasteiger partial charge in [-0.15, -0.1) is 10.2 Å². The first-order valence-electron chi connectivity index (χ1n) is 9.07. The highest BCUT2D eigenvalue weighted by atomic mass is 32.2. The molecule has 0 spiro atoms. The highest BCUT2D eigenvalue weighted by molar-refractivity contribution is 7.89. The third-order valence-corrected chi connectivity index (χ3v) is 6.81. The molecule has 0 unspecified atom stereocenters. The quantitative estimate of drug-likeness (QED) is 0.530. The second-order valence-electron chi connectivity index (χ2n) is 7.13. The van der Waals surface area contributed by atoms with Crippen LogP contribution >= 0.6 is 0 Å². The zero-order chi connectivity index (χ0) is 20.2. The molecule has 1 fully saturated rings. The van der Waals surface area contributed by atoms with E-state index < -0.39 is 21.7 Å². The van der Waals surface area contributed by atoms with E-state index in [1.807, 2.05) is 10.5 Å². The fourth-order valence-corrected chi connectivity index (χ4v) is 5.21. The van der Waals surface area contributed by atoms with Gasteiger partial charge in [0.05, 0.1) is 16.6 Å². The van der Waals surface area contributed by atoms with Crippen LogP contribution in [0.4, 0.5) is 8.78 Å². The normalized spacial score (nSPS) is 20.1. The number of H-pyrrole nitrogens is 1. The number of rotatable bonds is 4. The Kier molecular flexibility index (Phi) is 4.10. The van der Waals surface area contributed by atoms with Gasteiger partial charge in [-0.1, -0.05) is 0 Å². The molecule has 29 heavy (non-hydrogen) atoms. The minimum Gasteiger partial charge on any atom is -0.345 e. The first-order chi connectivity index (χ1) is 13.9. The molecule has 3 aromatic heterocycles. The van der Waals surface area contributed by atoms with Crippen molar-refractivity contribution in [3.8, 4) is 0 Å². The van der Waals surface area contributed by atoms with E-state index in [2.05, 4.69) is 24.9 Å². The lowest BCUT2D eigenvalue weighted by molar-refractivity contribution is 0.503. The molecule has 8 nitrogen and oxygen atoms in total. The summed E-state index contributed by atoms with van der Waals surface area (Å²) in [7, 11) is -3.96. The fraction of sp³-hybridized carbons (Fsp3) is 0.278. The smallest absolute Gasteiger partial charge is 0.240 e. The van der Waals surface area contributed by atoms with Crippen LogP contribution in [0.3, 0.4) is 0 Å². The van der Waals surface area contributed by atoms with Gasteiger partial charge >= 0.3 is 0 Å². The van der Waals surface area contributed by atoms with Crippen molar-refractivity contribution >= 4 is 26.8 Å². The van der Waals surface area contributed by atoms with Gasteiger partial charge in [0.2, 0.25) is 10.0 Å². The van der Waals surface area contributed by atoms with Crippen LogP contribution in [0.25, 0.3) is 16.8 Å². The summed E-state index contributed by atoms with van der Waals surface area (Å²) in [6.07, 6.45) is 5.27. The highest BCUT2D eigenvalue weighted by Crippen LogP contribution is 2.35. The average molecular weight is 418 g/mol. The Morgan fingerprint density at radius 2 is 2.00 bits per heavy atom. The molecule has 3 heterocycles. The van der Waals surface area contributed by atoms with E-state index in [9.17, 15) is 17.2 Å². The Balaban J connectivity index is 1.40. The van der Waals surface area contributed by atoms with Crippen molar-refractivity contribution in [3.63, 3.8) is 0 Å². The van der Waals surface area contributed by atoms with E-state index in [1.54, 1.807) is 12.4 Å². The third-order valence-electron chi connectivity index (χ3n) is 5.29. The van der Waals surface area contributed by atoms with E-state index in [0.717, 1.165) is 29.9 Å². The molecule has 1 saturated carbocycles. The van der Waals surface area contributed by atoms with Gasteiger partial charge in [-0.2, -0.15) is 0 Å². The van der Waals surface area contributed by atoms with Crippen LogP contribution in [-0.2, 0) is 10.0 Å². The second-order valence-corrected chi connectivity index (χ2v) is 8.84. The van der Waals surface area contributed by atoms with Gasteiger partial charge in [0.1, 0.15) is 5.82 Å². The summed E-state index contributed by atoms with van der Waals surface area (Å²) in [5.74, 6) is -1.53. The van der Waals surface area contributed by atoms with Gasteiger partial charge in [0, 0.05) is 18.2 Å². The van der Waals surface area contributed by atoms with Crippen molar-refractivity contribution in [2.45, 2.75) is 36.1 Å². The fourth-order valence-electron chi connectivity index (χ4n) is 3.92. The molecule has 150 valence electrons. The lowest BCUT2D eigenvalue weighted by Crippen LogP contribution is -2.33.